The van der Waals surface area contributed by atoms with Gasteiger partial charge in [0, 0.05) is 18.7 Å². The van der Waals surface area contributed by atoms with Gasteiger partial charge in [-0.1, -0.05) is 60.0 Å². The molecule has 4 aromatic rings. The number of hydrogen-bond donors (Lipinski definition) is 1. The highest BCUT2D eigenvalue weighted by Crippen LogP contribution is 2.33. The summed E-state index contributed by atoms with van der Waals surface area (Å²) in [4.78, 5) is 45.6. The van der Waals surface area contributed by atoms with Gasteiger partial charge in [0.25, 0.3) is 5.91 Å². The first kappa shape index (κ1) is 29.5. The Morgan fingerprint density at radius 1 is 1.10 bits per heavy atom. The normalized spacial score (nSPS) is 14.1. The molecule has 0 bridgehead atoms. The van der Waals surface area contributed by atoms with Crippen LogP contribution >= 0.6 is 35.7 Å². The van der Waals surface area contributed by atoms with Gasteiger partial charge in [-0.3, -0.25) is 23.9 Å². The van der Waals surface area contributed by atoms with Crippen LogP contribution in [0.5, 0.6) is 5.75 Å². The van der Waals surface area contributed by atoms with E-state index in [0.717, 1.165) is 23.5 Å². The number of hydrogen-bond acceptors (Lipinski definition) is 8. The third kappa shape index (κ3) is 6.89. The van der Waals surface area contributed by atoms with Crippen molar-refractivity contribution in [3.8, 4) is 5.75 Å². The molecule has 2 heterocycles. The summed E-state index contributed by atoms with van der Waals surface area (Å²) < 4.78 is 20.5. The number of anilines is 1. The number of para-hydroxylation sites is 2. The molecule has 0 spiro atoms. The highest BCUT2D eigenvalue weighted by molar-refractivity contribution is 8.26. The van der Waals surface area contributed by atoms with Crippen molar-refractivity contribution in [2.24, 2.45) is 0 Å². The minimum Gasteiger partial charge on any atom is -0.494 e. The topological polar surface area (TPSA) is 93.5 Å². The molecule has 3 aromatic carbocycles. The van der Waals surface area contributed by atoms with Crippen LogP contribution in [0.25, 0.3) is 17.1 Å². The van der Waals surface area contributed by atoms with Crippen molar-refractivity contribution in [3.05, 3.63) is 89.1 Å². The third-order valence-corrected chi connectivity index (χ3v) is 8.47. The summed E-state index contributed by atoms with van der Waals surface area (Å²) >= 11 is 7.70. The molecule has 0 saturated carbocycles. The lowest BCUT2D eigenvalue weighted by Crippen LogP contribution is -2.31. The van der Waals surface area contributed by atoms with Crippen LogP contribution in [0.3, 0.4) is 0 Å². The third-order valence-electron chi connectivity index (χ3n) is 6.15. The number of carbonyl (C=O) groups excluding carboxylic acids is 3. The fourth-order valence-corrected chi connectivity index (χ4v) is 6.33. The summed E-state index contributed by atoms with van der Waals surface area (Å²) in [5.74, 6) is -0.455. The summed E-state index contributed by atoms with van der Waals surface area (Å²) in [6, 6.07) is 20.1. The van der Waals surface area contributed by atoms with Crippen LogP contribution in [-0.4, -0.2) is 55.4 Å². The number of ether oxygens (including phenoxy) is 1. The summed E-state index contributed by atoms with van der Waals surface area (Å²) in [7, 11) is 0. The molecule has 1 aromatic heterocycles. The molecular formula is C30H25FN4O4S3. The van der Waals surface area contributed by atoms with Gasteiger partial charge in [0.2, 0.25) is 11.8 Å². The van der Waals surface area contributed by atoms with Gasteiger partial charge in [-0.25, -0.2) is 9.37 Å². The second-order valence-electron chi connectivity index (χ2n) is 9.04. The van der Waals surface area contributed by atoms with Gasteiger partial charge in [-0.15, -0.1) is 0 Å². The summed E-state index contributed by atoms with van der Waals surface area (Å²) in [6.45, 7) is 2.53. The highest BCUT2D eigenvalue weighted by atomic mass is 32.2. The molecule has 5 rings (SSSR count). The number of fused-ring (bicyclic) bond motifs is 1. The maximum Gasteiger partial charge on any atom is 0.266 e. The lowest BCUT2D eigenvalue weighted by Gasteiger charge is -2.15. The average Bonchev–Trinajstić information content (AvgIpc) is 3.49. The molecule has 1 fully saturated rings. The summed E-state index contributed by atoms with van der Waals surface area (Å²) in [6.07, 6.45) is 1.64. The van der Waals surface area contributed by atoms with Crippen LogP contribution in [0, 0.1) is 5.82 Å². The number of nitrogens with one attached hydrogen (secondary N) is 1. The minimum atomic E-state index is -0.365. The SMILES string of the molecule is CCOc1ccc(NC(=O)CSc2nc3ccccc3n2C(=O)CCN2C(=O)/C(=C/c3ccc(F)cc3)SC2=S)cc1. The molecule has 2 amide bonds. The Bertz CT molecular complexity index is 1690. The lowest BCUT2D eigenvalue weighted by atomic mass is 10.2. The lowest BCUT2D eigenvalue weighted by molar-refractivity contribution is -0.122. The van der Waals surface area contributed by atoms with Crippen molar-refractivity contribution in [2.45, 2.75) is 18.5 Å². The van der Waals surface area contributed by atoms with Crippen LogP contribution in [0.2, 0.25) is 0 Å². The number of thioether (sulfide) groups is 2. The van der Waals surface area contributed by atoms with Crippen LogP contribution in [0.15, 0.2) is 82.9 Å². The first-order valence-electron chi connectivity index (χ1n) is 13.0. The van der Waals surface area contributed by atoms with Crippen molar-refractivity contribution < 1.29 is 23.5 Å². The summed E-state index contributed by atoms with van der Waals surface area (Å²) in [5.41, 5.74) is 2.53. The van der Waals surface area contributed by atoms with E-state index in [0.29, 0.717) is 49.0 Å². The Hall–Kier alpha value is -4.00. The molecule has 0 unspecified atom stereocenters. The summed E-state index contributed by atoms with van der Waals surface area (Å²) in [5, 5.41) is 3.22. The molecule has 12 heteroatoms. The molecule has 42 heavy (non-hydrogen) atoms. The Kier molecular flexibility index (Phi) is 9.35. The standard InChI is InChI=1S/C30H25FN4O4S3/c1-2-39-22-13-11-21(12-14-22)32-26(36)18-41-29-33-23-5-3-4-6-24(23)35(29)27(37)15-16-34-28(38)25(42-30(34)40)17-19-7-9-20(31)10-8-19/h3-14,17H,2,15-16,18H2,1H3,(H,32,36)/b25-17-. The molecule has 8 nitrogen and oxygen atoms in total. The van der Waals surface area contributed by atoms with Gasteiger partial charge in [0.05, 0.1) is 28.3 Å². The zero-order valence-corrected chi connectivity index (χ0v) is 24.9. The number of halogens is 1. The van der Waals surface area contributed by atoms with E-state index in [1.165, 1.54) is 21.6 Å². The van der Waals surface area contributed by atoms with Crippen molar-refractivity contribution in [1.29, 1.82) is 0 Å². The Labute approximate surface area is 255 Å². The molecule has 0 atom stereocenters. The average molecular weight is 621 g/mol. The van der Waals surface area contributed by atoms with Crippen LogP contribution in [0.1, 0.15) is 23.7 Å². The van der Waals surface area contributed by atoms with Crippen LogP contribution in [0.4, 0.5) is 10.1 Å². The minimum absolute atomic E-state index is 0.0114. The quantitative estimate of drug-likeness (QED) is 0.127. The smallest absolute Gasteiger partial charge is 0.266 e. The number of nitrogens with zero attached hydrogens (tertiary/aromatic N) is 3. The maximum atomic E-state index is 13.5. The van der Waals surface area contributed by atoms with Crippen molar-refractivity contribution >= 4 is 80.6 Å². The van der Waals surface area contributed by atoms with Crippen LogP contribution < -0.4 is 10.1 Å². The van der Waals surface area contributed by atoms with Gasteiger partial charge in [0.1, 0.15) is 15.9 Å². The van der Waals surface area contributed by atoms with Crippen molar-refractivity contribution in [2.75, 3.05) is 24.2 Å². The number of thiocarbonyl (C=S) groups is 1. The van der Waals surface area contributed by atoms with Gasteiger partial charge in [0.15, 0.2) is 5.16 Å². The second-order valence-corrected chi connectivity index (χ2v) is 11.7. The van der Waals surface area contributed by atoms with E-state index < -0.39 is 0 Å². The number of imidazole rings is 1. The van der Waals surface area contributed by atoms with Gasteiger partial charge in [-0.05, 0) is 67.1 Å². The number of benzene rings is 3. The van der Waals surface area contributed by atoms with E-state index in [2.05, 4.69) is 10.3 Å². The van der Waals surface area contributed by atoms with Gasteiger partial charge in [-0.2, -0.15) is 0 Å². The predicted molar refractivity (Wildman–Crippen MR) is 168 cm³/mol. The number of rotatable bonds is 10. The molecule has 1 saturated heterocycles. The number of aromatic nitrogens is 2. The first-order valence-corrected chi connectivity index (χ1v) is 15.2. The maximum absolute atomic E-state index is 13.5. The predicted octanol–water partition coefficient (Wildman–Crippen LogP) is 6.24. The van der Waals surface area contributed by atoms with Gasteiger partial charge >= 0.3 is 0 Å². The Balaban J connectivity index is 1.25. The monoisotopic (exact) mass is 620 g/mol. The molecule has 0 aliphatic carbocycles. The molecule has 214 valence electrons. The van der Waals surface area contributed by atoms with E-state index in [-0.39, 0.29) is 42.3 Å². The Morgan fingerprint density at radius 2 is 1.83 bits per heavy atom. The number of amides is 2. The molecular weight excluding hydrogens is 596 g/mol. The fourth-order valence-electron chi connectivity index (χ4n) is 4.19. The van der Waals surface area contributed by atoms with E-state index in [1.807, 2.05) is 19.1 Å². The van der Waals surface area contributed by atoms with Crippen molar-refractivity contribution in [3.63, 3.8) is 0 Å². The zero-order chi connectivity index (χ0) is 29.6. The number of carbonyl (C=O) groups is 3. The van der Waals surface area contributed by atoms with E-state index in [4.69, 9.17) is 17.0 Å². The van der Waals surface area contributed by atoms with E-state index >= 15 is 0 Å². The Morgan fingerprint density at radius 3 is 2.57 bits per heavy atom. The van der Waals surface area contributed by atoms with Crippen LogP contribution in [-0.2, 0) is 9.59 Å². The van der Waals surface area contributed by atoms with Gasteiger partial charge < -0.3 is 10.1 Å². The molecule has 1 aliphatic rings. The van der Waals surface area contributed by atoms with Crippen molar-refractivity contribution in [1.82, 2.24) is 14.5 Å². The van der Waals surface area contributed by atoms with E-state index in [1.54, 1.807) is 54.6 Å². The molecule has 0 radical (unpaired) electrons. The molecule has 1 N–H and O–H groups in total. The highest BCUT2D eigenvalue weighted by Gasteiger charge is 2.32. The second kappa shape index (κ2) is 13.3. The van der Waals surface area contributed by atoms with E-state index in [9.17, 15) is 18.8 Å². The first-order chi connectivity index (χ1) is 20.3. The largest absolute Gasteiger partial charge is 0.494 e. The fraction of sp³-hybridized carbons (Fsp3) is 0.167. The zero-order valence-electron chi connectivity index (χ0n) is 22.4. The molecule has 1 aliphatic heterocycles.